The average molecular weight is 295 g/mol. The molecule has 6 heteroatoms. The number of hydrogen-bond donors (Lipinski definition) is 1. The summed E-state index contributed by atoms with van der Waals surface area (Å²) in [5.41, 5.74) is 0. The number of rotatable bonds is 2. The molecular weight excluding hydrogens is 288 g/mol. The van der Waals surface area contributed by atoms with E-state index in [0.29, 0.717) is 15.8 Å². The van der Waals surface area contributed by atoms with Gasteiger partial charge in [0.2, 0.25) is 0 Å². The van der Waals surface area contributed by atoms with Crippen molar-refractivity contribution in [2.24, 2.45) is 0 Å². The van der Waals surface area contributed by atoms with Crippen LogP contribution in [0.1, 0.15) is 9.67 Å². The van der Waals surface area contributed by atoms with Gasteiger partial charge in [-0.1, -0.05) is 17.7 Å². The maximum Gasteiger partial charge on any atom is 0.266 e. The first kappa shape index (κ1) is 11.6. The fourth-order valence-electron chi connectivity index (χ4n) is 1.53. The standard InChI is InChI=1S/C12H7ClN2OS2/c13-10-2-1-3-11(14-10)15-12(16)9-6-8-7(18-9)4-5-17-8/h1-6H,(H,14,15,16). The zero-order valence-electron chi connectivity index (χ0n) is 9.01. The Labute approximate surface area is 116 Å². The molecule has 0 fully saturated rings. The summed E-state index contributed by atoms with van der Waals surface area (Å²) < 4.78 is 2.26. The molecule has 0 aromatic carbocycles. The van der Waals surface area contributed by atoms with Gasteiger partial charge >= 0.3 is 0 Å². The lowest BCUT2D eigenvalue weighted by atomic mass is 10.4. The molecule has 0 bridgehead atoms. The number of carbonyl (C=O) groups excluding carboxylic acids is 1. The molecule has 90 valence electrons. The van der Waals surface area contributed by atoms with Crippen LogP contribution in [0.25, 0.3) is 9.40 Å². The minimum Gasteiger partial charge on any atom is -0.306 e. The van der Waals surface area contributed by atoms with Crippen molar-refractivity contribution in [1.82, 2.24) is 4.98 Å². The van der Waals surface area contributed by atoms with Gasteiger partial charge in [0.15, 0.2) is 0 Å². The van der Waals surface area contributed by atoms with Crippen LogP contribution in [0.5, 0.6) is 0 Å². The summed E-state index contributed by atoms with van der Waals surface area (Å²) >= 11 is 8.86. The number of nitrogens with zero attached hydrogens (tertiary/aromatic N) is 1. The fourth-order valence-corrected chi connectivity index (χ4v) is 3.70. The third-order valence-electron chi connectivity index (χ3n) is 2.32. The predicted molar refractivity (Wildman–Crippen MR) is 76.9 cm³/mol. The van der Waals surface area contributed by atoms with Gasteiger partial charge in [0, 0.05) is 9.40 Å². The van der Waals surface area contributed by atoms with Gasteiger partial charge in [-0.05, 0) is 29.6 Å². The van der Waals surface area contributed by atoms with Crippen molar-refractivity contribution < 1.29 is 4.79 Å². The second-order valence-electron chi connectivity index (χ2n) is 3.56. The number of aromatic nitrogens is 1. The Morgan fingerprint density at radius 2 is 2.17 bits per heavy atom. The average Bonchev–Trinajstić information content (AvgIpc) is 2.88. The Kier molecular flexibility index (Phi) is 3.03. The van der Waals surface area contributed by atoms with Crippen LogP contribution in [0.15, 0.2) is 35.7 Å². The van der Waals surface area contributed by atoms with Crippen LogP contribution < -0.4 is 5.32 Å². The van der Waals surface area contributed by atoms with Gasteiger partial charge in [-0.2, -0.15) is 0 Å². The Hall–Kier alpha value is -1.43. The normalized spacial score (nSPS) is 10.7. The molecule has 0 aliphatic carbocycles. The highest BCUT2D eigenvalue weighted by atomic mass is 35.5. The number of nitrogens with one attached hydrogen (secondary N) is 1. The summed E-state index contributed by atoms with van der Waals surface area (Å²) in [6, 6.07) is 9.03. The zero-order chi connectivity index (χ0) is 12.5. The monoisotopic (exact) mass is 294 g/mol. The van der Waals surface area contributed by atoms with Crippen molar-refractivity contribution in [3.05, 3.63) is 45.7 Å². The van der Waals surface area contributed by atoms with E-state index in [4.69, 9.17) is 11.6 Å². The molecule has 0 aliphatic heterocycles. The molecule has 3 rings (SSSR count). The molecule has 0 spiro atoms. The van der Waals surface area contributed by atoms with E-state index in [1.165, 1.54) is 11.3 Å². The van der Waals surface area contributed by atoms with Crippen LogP contribution in [0.2, 0.25) is 5.15 Å². The van der Waals surface area contributed by atoms with Gasteiger partial charge in [-0.25, -0.2) is 4.98 Å². The fraction of sp³-hybridized carbons (Fsp3) is 0. The highest BCUT2D eigenvalue weighted by Crippen LogP contribution is 2.30. The van der Waals surface area contributed by atoms with Crippen LogP contribution in [-0.4, -0.2) is 10.9 Å². The van der Waals surface area contributed by atoms with Gasteiger partial charge in [0.05, 0.1) is 4.88 Å². The first-order valence-corrected chi connectivity index (χ1v) is 7.21. The molecule has 18 heavy (non-hydrogen) atoms. The largest absolute Gasteiger partial charge is 0.306 e. The Balaban J connectivity index is 1.85. The van der Waals surface area contributed by atoms with Crippen LogP contribution in [0, 0.1) is 0 Å². The molecule has 3 aromatic heterocycles. The molecule has 3 nitrogen and oxygen atoms in total. The van der Waals surface area contributed by atoms with Gasteiger partial charge in [-0.3, -0.25) is 4.79 Å². The van der Waals surface area contributed by atoms with E-state index in [-0.39, 0.29) is 5.91 Å². The van der Waals surface area contributed by atoms with Crippen molar-refractivity contribution in [3.8, 4) is 0 Å². The van der Waals surface area contributed by atoms with Crippen molar-refractivity contribution >= 4 is 55.4 Å². The summed E-state index contributed by atoms with van der Waals surface area (Å²) in [4.78, 5) is 16.7. The molecular formula is C12H7ClN2OS2. The maximum atomic E-state index is 12.0. The molecule has 1 amide bonds. The second-order valence-corrected chi connectivity index (χ2v) is 5.98. The van der Waals surface area contributed by atoms with E-state index < -0.39 is 0 Å². The van der Waals surface area contributed by atoms with Gasteiger partial charge < -0.3 is 5.32 Å². The highest BCUT2D eigenvalue weighted by Gasteiger charge is 2.11. The lowest BCUT2D eigenvalue weighted by Crippen LogP contribution is -2.11. The van der Waals surface area contributed by atoms with Gasteiger partial charge in [0.25, 0.3) is 5.91 Å². The van der Waals surface area contributed by atoms with Crippen molar-refractivity contribution in [2.75, 3.05) is 5.32 Å². The summed E-state index contributed by atoms with van der Waals surface area (Å²) in [5, 5.41) is 5.11. The van der Waals surface area contributed by atoms with Crippen LogP contribution in [-0.2, 0) is 0 Å². The number of anilines is 1. The van der Waals surface area contributed by atoms with Crippen molar-refractivity contribution in [1.29, 1.82) is 0 Å². The molecule has 0 saturated carbocycles. The van der Waals surface area contributed by atoms with E-state index >= 15 is 0 Å². The van der Waals surface area contributed by atoms with Gasteiger partial charge in [0.1, 0.15) is 11.0 Å². The predicted octanol–water partition coefficient (Wildman–Crippen LogP) is 4.26. The summed E-state index contributed by atoms with van der Waals surface area (Å²) in [7, 11) is 0. The minimum atomic E-state index is -0.154. The molecule has 3 aromatic rings. The number of amides is 1. The minimum absolute atomic E-state index is 0.154. The lowest BCUT2D eigenvalue weighted by molar-refractivity contribution is 0.103. The third-order valence-corrected chi connectivity index (χ3v) is 4.62. The van der Waals surface area contributed by atoms with Crippen molar-refractivity contribution in [2.45, 2.75) is 0 Å². The quantitative estimate of drug-likeness (QED) is 0.717. The number of hydrogen-bond acceptors (Lipinski definition) is 4. The smallest absolute Gasteiger partial charge is 0.266 e. The molecule has 0 saturated heterocycles. The first-order valence-electron chi connectivity index (χ1n) is 5.13. The number of pyridine rings is 1. The van der Waals surface area contributed by atoms with E-state index in [9.17, 15) is 4.79 Å². The lowest BCUT2D eigenvalue weighted by Gasteiger charge is -2.02. The van der Waals surface area contributed by atoms with E-state index in [0.717, 1.165) is 9.40 Å². The second kappa shape index (κ2) is 4.68. The summed E-state index contributed by atoms with van der Waals surface area (Å²) in [6.07, 6.45) is 0. The number of carbonyl (C=O) groups is 1. The number of halogens is 1. The Morgan fingerprint density at radius 1 is 1.28 bits per heavy atom. The SMILES string of the molecule is O=C(Nc1cccc(Cl)n1)c1cc2sccc2s1. The van der Waals surface area contributed by atoms with E-state index in [1.54, 1.807) is 29.5 Å². The maximum absolute atomic E-state index is 12.0. The highest BCUT2D eigenvalue weighted by molar-refractivity contribution is 7.27. The molecule has 3 heterocycles. The van der Waals surface area contributed by atoms with Crippen molar-refractivity contribution in [3.63, 3.8) is 0 Å². The molecule has 0 radical (unpaired) electrons. The molecule has 0 unspecified atom stereocenters. The Bertz CT molecular complexity index is 691. The van der Waals surface area contributed by atoms with Crippen LogP contribution in [0.4, 0.5) is 5.82 Å². The zero-order valence-corrected chi connectivity index (χ0v) is 11.4. The number of thiophene rings is 2. The van der Waals surface area contributed by atoms with E-state index in [1.807, 2.05) is 17.5 Å². The summed E-state index contributed by atoms with van der Waals surface area (Å²) in [6.45, 7) is 0. The van der Waals surface area contributed by atoms with Crippen LogP contribution >= 0.6 is 34.3 Å². The molecule has 0 aliphatic rings. The Morgan fingerprint density at radius 3 is 2.94 bits per heavy atom. The van der Waals surface area contributed by atoms with Gasteiger partial charge in [-0.15, -0.1) is 22.7 Å². The topological polar surface area (TPSA) is 42.0 Å². The van der Waals surface area contributed by atoms with E-state index in [2.05, 4.69) is 10.3 Å². The number of fused-ring (bicyclic) bond motifs is 1. The third kappa shape index (κ3) is 2.25. The molecule has 1 N–H and O–H groups in total. The van der Waals surface area contributed by atoms with Crippen LogP contribution in [0.3, 0.4) is 0 Å². The summed E-state index contributed by atoms with van der Waals surface area (Å²) in [5.74, 6) is 0.308. The molecule has 0 atom stereocenters. The first-order chi connectivity index (χ1) is 8.72.